The molecule has 3 rings (SSSR count). The SMILES string of the molecule is I.NC(=NCC1CCN(CCc2ccccc2)C1)NCCc1ccccn1. The first-order valence-corrected chi connectivity index (χ1v) is 9.49. The molecular formula is C21H30IN5. The number of nitrogens with zero attached hydrogens (tertiary/aromatic N) is 3. The van der Waals surface area contributed by atoms with Gasteiger partial charge in [-0.05, 0) is 43.0 Å². The van der Waals surface area contributed by atoms with Crippen molar-refractivity contribution in [3.63, 3.8) is 0 Å². The van der Waals surface area contributed by atoms with Crippen molar-refractivity contribution in [1.82, 2.24) is 15.2 Å². The van der Waals surface area contributed by atoms with Gasteiger partial charge in [-0.15, -0.1) is 24.0 Å². The summed E-state index contributed by atoms with van der Waals surface area (Å²) in [7, 11) is 0. The van der Waals surface area contributed by atoms with E-state index in [0.29, 0.717) is 11.9 Å². The second kappa shape index (κ2) is 11.9. The molecule has 1 aliphatic heterocycles. The van der Waals surface area contributed by atoms with Crippen molar-refractivity contribution < 1.29 is 0 Å². The van der Waals surface area contributed by atoms with E-state index in [9.17, 15) is 0 Å². The van der Waals surface area contributed by atoms with Crippen LogP contribution in [-0.4, -0.2) is 48.6 Å². The lowest BCUT2D eigenvalue weighted by Crippen LogP contribution is -2.34. The molecule has 0 bridgehead atoms. The van der Waals surface area contributed by atoms with E-state index in [1.54, 1.807) is 0 Å². The van der Waals surface area contributed by atoms with Crippen LogP contribution in [0.3, 0.4) is 0 Å². The van der Waals surface area contributed by atoms with Gasteiger partial charge >= 0.3 is 0 Å². The summed E-state index contributed by atoms with van der Waals surface area (Å²) in [5.41, 5.74) is 8.47. The van der Waals surface area contributed by atoms with Gasteiger partial charge in [0, 0.05) is 44.5 Å². The second-order valence-electron chi connectivity index (χ2n) is 6.91. The first-order chi connectivity index (χ1) is 12.8. The smallest absolute Gasteiger partial charge is 0.188 e. The molecule has 1 aliphatic rings. The monoisotopic (exact) mass is 479 g/mol. The highest BCUT2D eigenvalue weighted by atomic mass is 127. The third-order valence-electron chi connectivity index (χ3n) is 4.86. The lowest BCUT2D eigenvalue weighted by atomic mass is 10.1. The van der Waals surface area contributed by atoms with E-state index >= 15 is 0 Å². The van der Waals surface area contributed by atoms with Crippen LogP contribution in [0.15, 0.2) is 59.7 Å². The molecule has 0 radical (unpaired) electrons. The van der Waals surface area contributed by atoms with Crippen molar-refractivity contribution in [1.29, 1.82) is 0 Å². The van der Waals surface area contributed by atoms with Gasteiger partial charge in [0.1, 0.15) is 0 Å². The number of benzene rings is 1. The summed E-state index contributed by atoms with van der Waals surface area (Å²) >= 11 is 0. The Labute approximate surface area is 179 Å². The fourth-order valence-electron chi connectivity index (χ4n) is 3.34. The summed E-state index contributed by atoms with van der Waals surface area (Å²) in [6.45, 7) is 4.99. The molecule has 146 valence electrons. The standard InChI is InChI=1S/C21H29N5.HI/c22-21(24-13-9-20-8-4-5-12-23-20)25-16-19-11-15-26(17-19)14-10-18-6-2-1-3-7-18;/h1-8,12,19H,9-11,13-17H2,(H3,22,24,25);1H. The van der Waals surface area contributed by atoms with E-state index in [0.717, 1.165) is 44.7 Å². The topological polar surface area (TPSA) is 66.5 Å². The van der Waals surface area contributed by atoms with Gasteiger partial charge in [-0.25, -0.2) is 0 Å². The average molecular weight is 479 g/mol. The molecule has 2 heterocycles. The molecule has 1 aromatic heterocycles. The average Bonchev–Trinajstić information content (AvgIpc) is 3.14. The largest absolute Gasteiger partial charge is 0.370 e. The Morgan fingerprint density at radius 3 is 2.74 bits per heavy atom. The van der Waals surface area contributed by atoms with Crippen LogP contribution in [0.1, 0.15) is 17.7 Å². The Hall–Kier alpha value is -1.67. The molecule has 0 spiro atoms. The molecule has 0 amide bonds. The summed E-state index contributed by atoms with van der Waals surface area (Å²) in [6.07, 6.45) is 5.00. The van der Waals surface area contributed by atoms with Crippen molar-refractivity contribution in [2.24, 2.45) is 16.6 Å². The minimum Gasteiger partial charge on any atom is -0.370 e. The number of nitrogens with two attached hydrogens (primary N) is 1. The predicted octanol–water partition coefficient (Wildman–Crippen LogP) is 2.71. The number of likely N-dealkylation sites (tertiary alicyclic amines) is 1. The third-order valence-corrected chi connectivity index (χ3v) is 4.86. The van der Waals surface area contributed by atoms with Gasteiger partial charge in [-0.2, -0.15) is 0 Å². The maximum Gasteiger partial charge on any atom is 0.188 e. The van der Waals surface area contributed by atoms with Crippen LogP contribution in [0.2, 0.25) is 0 Å². The fraction of sp³-hybridized carbons (Fsp3) is 0.429. The molecule has 2 aromatic rings. The molecule has 1 unspecified atom stereocenters. The van der Waals surface area contributed by atoms with E-state index in [1.807, 2.05) is 24.4 Å². The maximum absolute atomic E-state index is 5.99. The number of aromatic nitrogens is 1. The third kappa shape index (κ3) is 7.84. The highest BCUT2D eigenvalue weighted by Gasteiger charge is 2.21. The zero-order valence-electron chi connectivity index (χ0n) is 15.8. The number of halogens is 1. The highest BCUT2D eigenvalue weighted by Crippen LogP contribution is 2.17. The van der Waals surface area contributed by atoms with E-state index in [4.69, 9.17) is 5.73 Å². The Bertz CT molecular complexity index is 677. The Morgan fingerprint density at radius 2 is 1.96 bits per heavy atom. The summed E-state index contributed by atoms with van der Waals surface area (Å²) in [5, 5.41) is 3.19. The molecule has 3 N–H and O–H groups in total. The first-order valence-electron chi connectivity index (χ1n) is 9.49. The Morgan fingerprint density at radius 1 is 1.15 bits per heavy atom. The molecule has 5 nitrogen and oxygen atoms in total. The normalized spacial score (nSPS) is 17.5. The lowest BCUT2D eigenvalue weighted by Gasteiger charge is -2.15. The van der Waals surface area contributed by atoms with Gasteiger partial charge in [-0.3, -0.25) is 9.98 Å². The van der Waals surface area contributed by atoms with Gasteiger partial charge in [0.2, 0.25) is 0 Å². The fourth-order valence-corrected chi connectivity index (χ4v) is 3.34. The summed E-state index contributed by atoms with van der Waals surface area (Å²) in [5.74, 6) is 1.16. The minimum atomic E-state index is 0. The number of hydrogen-bond donors (Lipinski definition) is 2. The zero-order valence-corrected chi connectivity index (χ0v) is 18.1. The van der Waals surface area contributed by atoms with Gasteiger partial charge in [0.05, 0.1) is 0 Å². The number of nitrogens with one attached hydrogen (secondary N) is 1. The van der Waals surface area contributed by atoms with Crippen LogP contribution >= 0.6 is 24.0 Å². The summed E-state index contributed by atoms with van der Waals surface area (Å²) in [6, 6.07) is 16.7. The van der Waals surface area contributed by atoms with E-state index in [2.05, 4.69) is 50.5 Å². The molecule has 1 fully saturated rings. The van der Waals surface area contributed by atoms with Crippen molar-refractivity contribution in [2.45, 2.75) is 19.3 Å². The molecule has 27 heavy (non-hydrogen) atoms. The molecule has 1 aromatic carbocycles. The van der Waals surface area contributed by atoms with Gasteiger partial charge in [0.25, 0.3) is 0 Å². The van der Waals surface area contributed by atoms with Crippen molar-refractivity contribution in [3.05, 3.63) is 66.0 Å². The maximum atomic E-state index is 5.99. The number of rotatable bonds is 8. The Kier molecular flexibility index (Phi) is 9.55. The van der Waals surface area contributed by atoms with E-state index in [-0.39, 0.29) is 24.0 Å². The molecule has 0 saturated carbocycles. The van der Waals surface area contributed by atoms with Crippen molar-refractivity contribution in [2.75, 3.05) is 32.7 Å². The van der Waals surface area contributed by atoms with Gasteiger partial charge in [0.15, 0.2) is 5.96 Å². The molecule has 1 saturated heterocycles. The molecule has 0 aliphatic carbocycles. The van der Waals surface area contributed by atoms with E-state index in [1.165, 1.54) is 18.5 Å². The number of hydrogen-bond acceptors (Lipinski definition) is 3. The lowest BCUT2D eigenvalue weighted by molar-refractivity contribution is 0.329. The predicted molar refractivity (Wildman–Crippen MR) is 123 cm³/mol. The summed E-state index contributed by atoms with van der Waals surface area (Å²) in [4.78, 5) is 11.4. The van der Waals surface area contributed by atoms with Crippen LogP contribution in [0, 0.1) is 5.92 Å². The quantitative estimate of drug-likeness (QED) is 0.347. The number of guanidine groups is 1. The minimum absolute atomic E-state index is 0. The van der Waals surface area contributed by atoms with Crippen LogP contribution < -0.4 is 11.1 Å². The number of aliphatic imine (C=N–C) groups is 1. The van der Waals surface area contributed by atoms with E-state index < -0.39 is 0 Å². The van der Waals surface area contributed by atoms with Crippen LogP contribution in [-0.2, 0) is 12.8 Å². The van der Waals surface area contributed by atoms with Crippen molar-refractivity contribution >= 4 is 29.9 Å². The first kappa shape index (κ1) is 21.6. The zero-order chi connectivity index (χ0) is 18.0. The molecule has 6 heteroatoms. The van der Waals surface area contributed by atoms with Crippen molar-refractivity contribution in [3.8, 4) is 0 Å². The van der Waals surface area contributed by atoms with Crippen LogP contribution in [0.5, 0.6) is 0 Å². The second-order valence-corrected chi connectivity index (χ2v) is 6.91. The van der Waals surface area contributed by atoms with Crippen LogP contribution in [0.25, 0.3) is 0 Å². The van der Waals surface area contributed by atoms with Crippen LogP contribution in [0.4, 0.5) is 0 Å². The Balaban J connectivity index is 0.00000261. The number of pyridine rings is 1. The molecular weight excluding hydrogens is 449 g/mol. The molecule has 1 atom stereocenters. The van der Waals surface area contributed by atoms with Gasteiger partial charge < -0.3 is 16.0 Å². The summed E-state index contributed by atoms with van der Waals surface area (Å²) < 4.78 is 0. The highest BCUT2D eigenvalue weighted by molar-refractivity contribution is 14.0. The van der Waals surface area contributed by atoms with Gasteiger partial charge in [-0.1, -0.05) is 36.4 Å².